The van der Waals surface area contributed by atoms with E-state index in [2.05, 4.69) is 9.47 Å². The molecular formula is C45H62O28. The van der Waals surface area contributed by atoms with Crippen molar-refractivity contribution in [2.75, 3.05) is 0 Å². The fourth-order valence-corrected chi connectivity index (χ4v) is 5.90. The van der Waals surface area contributed by atoms with Crippen molar-refractivity contribution in [3.63, 3.8) is 0 Å². The Bertz CT molecular complexity index is 1880. The van der Waals surface area contributed by atoms with Gasteiger partial charge in [-0.15, -0.1) is 0 Å². The van der Waals surface area contributed by atoms with E-state index in [-0.39, 0.29) is 0 Å². The molecule has 1 heterocycles. The van der Waals surface area contributed by atoms with Gasteiger partial charge in [0.15, 0.2) is 48.8 Å². The SMILES string of the molecule is CC(C)OC(=O)C(C)OC(=O)C(C)OC(=O)C1C(C(=O)OC(C)C(=O)OC(C)C(=O)OC(C)C)C1C(=O)OC(C)C(=O)OC(C)C(=O)OC(C)C.CC1OC(=O)C(C)OC1=O.O=C(O)C1C(C(=O)O)C1C(=O)O. The maximum Gasteiger partial charge on any atom is 0.347 e. The molecule has 1 aliphatic heterocycles. The first-order valence-electron chi connectivity index (χ1n) is 22.5. The summed E-state index contributed by atoms with van der Waals surface area (Å²) in [5.74, 6) is -23.6. The molecular weight excluding hydrogens is 988 g/mol. The lowest BCUT2D eigenvalue weighted by atomic mass is 10.3. The molecule has 0 spiro atoms. The molecule has 3 fully saturated rings. The number of carbonyl (C=O) groups excluding carboxylic acids is 11. The van der Waals surface area contributed by atoms with Crippen LogP contribution >= 0.6 is 0 Å². The molecule has 1 saturated heterocycles. The summed E-state index contributed by atoms with van der Waals surface area (Å²) in [6, 6.07) is 0. The molecule has 73 heavy (non-hydrogen) atoms. The second-order valence-corrected chi connectivity index (χ2v) is 17.3. The van der Waals surface area contributed by atoms with E-state index < -0.39 is 186 Å². The lowest BCUT2D eigenvalue weighted by Gasteiger charge is -2.22. The van der Waals surface area contributed by atoms with Crippen LogP contribution in [0.3, 0.4) is 0 Å². The van der Waals surface area contributed by atoms with Crippen LogP contribution in [-0.4, -0.2) is 166 Å². The number of aliphatic carboxylic acids is 3. The normalized spacial score (nSPS) is 23.8. The van der Waals surface area contributed by atoms with Crippen molar-refractivity contribution >= 4 is 83.6 Å². The third-order valence-electron chi connectivity index (χ3n) is 9.77. The number of esters is 11. The largest absolute Gasteiger partial charge is 0.481 e. The second kappa shape index (κ2) is 28.0. The Kier molecular flexibility index (Phi) is 24.4. The molecule has 8 atom stereocenters. The van der Waals surface area contributed by atoms with E-state index in [4.69, 9.17) is 58.0 Å². The quantitative estimate of drug-likeness (QED) is 0.102. The molecule has 0 amide bonds. The molecule has 2 aliphatic carbocycles. The van der Waals surface area contributed by atoms with Crippen LogP contribution in [-0.2, 0) is 119 Å². The Balaban J connectivity index is 0.000000976. The highest BCUT2D eigenvalue weighted by atomic mass is 16.7. The van der Waals surface area contributed by atoms with Gasteiger partial charge in [0.2, 0.25) is 0 Å². The molecule has 0 aromatic rings. The third-order valence-corrected chi connectivity index (χ3v) is 9.77. The van der Waals surface area contributed by atoms with Crippen LogP contribution in [0.1, 0.15) is 96.9 Å². The van der Waals surface area contributed by atoms with E-state index in [0.717, 1.165) is 20.8 Å². The second-order valence-electron chi connectivity index (χ2n) is 17.3. The number of carboxylic acid groups (broad SMARTS) is 3. The first-order chi connectivity index (χ1) is 33.5. The summed E-state index contributed by atoms with van der Waals surface area (Å²) < 4.78 is 54.4. The molecule has 28 heteroatoms. The highest BCUT2D eigenvalue weighted by Crippen LogP contribution is 2.49. The number of rotatable bonds is 21. The standard InChI is InChI=1S/C33H48O18.C6H6O6.C6H8O4/c1-13(2)43-25(34)16(7)46-28(37)19(10)49-31(40)22-23(32(41)50-20(11)29(38)47-17(8)26(35)44-14(3)4)24(22)33(42)51-21(12)30(39)48-18(9)27(36)45-15(5)6;7-4(8)1-2(5(9)10)3(1)6(11)12;1-3-5(7)10-4(2)6(8)9-3/h13-24H,1-12H3;1-3H,(H,7,8)(H,9,10)(H,11,12);3-4H,1-2H3. The van der Waals surface area contributed by atoms with Crippen LogP contribution in [0, 0.1) is 35.5 Å². The Labute approximate surface area is 417 Å². The van der Waals surface area contributed by atoms with Gasteiger partial charge < -0.3 is 67.4 Å². The molecule has 28 nitrogen and oxygen atoms in total. The number of hydrogen-bond acceptors (Lipinski definition) is 25. The molecule has 0 radical (unpaired) electrons. The van der Waals surface area contributed by atoms with E-state index >= 15 is 0 Å². The van der Waals surface area contributed by atoms with Gasteiger partial charge in [-0.25, -0.2) is 38.4 Å². The average Bonchev–Trinajstić information content (AvgIpc) is 4.19. The molecule has 2 saturated carbocycles. The van der Waals surface area contributed by atoms with Crippen LogP contribution < -0.4 is 0 Å². The van der Waals surface area contributed by atoms with Crippen molar-refractivity contribution < 1.29 is 135 Å². The molecule has 3 N–H and O–H groups in total. The number of carboxylic acids is 3. The van der Waals surface area contributed by atoms with Gasteiger partial charge in [0.25, 0.3) is 0 Å². The van der Waals surface area contributed by atoms with Gasteiger partial charge in [-0.1, -0.05) is 0 Å². The molecule has 410 valence electrons. The molecule has 3 aliphatic rings. The van der Waals surface area contributed by atoms with Gasteiger partial charge in [-0.05, 0) is 96.9 Å². The lowest BCUT2D eigenvalue weighted by molar-refractivity contribution is -0.191. The maximum absolute atomic E-state index is 13.1. The van der Waals surface area contributed by atoms with Gasteiger partial charge >= 0.3 is 83.6 Å². The third kappa shape index (κ3) is 20.0. The lowest BCUT2D eigenvalue weighted by Crippen LogP contribution is -2.40. The smallest absolute Gasteiger partial charge is 0.347 e. The summed E-state index contributed by atoms with van der Waals surface area (Å²) in [5.41, 5.74) is 0. The molecule has 8 unspecified atom stereocenters. The van der Waals surface area contributed by atoms with E-state index in [0.29, 0.717) is 0 Å². The Morgan fingerprint density at radius 3 is 0.685 bits per heavy atom. The first-order valence-corrected chi connectivity index (χ1v) is 22.5. The number of ether oxygens (including phenoxy) is 11. The maximum atomic E-state index is 13.1. The first kappa shape index (κ1) is 63.6. The minimum Gasteiger partial charge on any atom is -0.481 e. The van der Waals surface area contributed by atoms with Crippen molar-refractivity contribution in [3.05, 3.63) is 0 Å². The summed E-state index contributed by atoms with van der Waals surface area (Å²) in [6.45, 7) is 19.5. The summed E-state index contributed by atoms with van der Waals surface area (Å²) in [5, 5.41) is 25.1. The van der Waals surface area contributed by atoms with Gasteiger partial charge in [0.05, 0.1) is 53.8 Å². The average molecular weight is 1050 g/mol. The van der Waals surface area contributed by atoms with E-state index in [9.17, 15) is 67.1 Å². The number of carbonyl (C=O) groups is 14. The molecule has 0 aromatic carbocycles. The van der Waals surface area contributed by atoms with Crippen LogP contribution in [0.25, 0.3) is 0 Å². The predicted octanol–water partition coefficient (Wildman–Crippen LogP) is 0.259. The number of cyclic esters (lactones) is 2. The zero-order valence-electron chi connectivity index (χ0n) is 42.4. The summed E-state index contributed by atoms with van der Waals surface area (Å²) in [7, 11) is 0. The monoisotopic (exact) mass is 1050 g/mol. The van der Waals surface area contributed by atoms with Crippen molar-refractivity contribution in [2.24, 2.45) is 35.5 Å². The molecule has 0 bridgehead atoms. The Hall–Kier alpha value is -7.42. The van der Waals surface area contributed by atoms with Crippen LogP contribution in [0.5, 0.6) is 0 Å². The van der Waals surface area contributed by atoms with Crippen LogP contribution in [0.4, 0.5) is 0 Å². The van der Waals surface area contributed by atoms with E-state index in [1.807, 2.05) is 0 Å². The minimum absolute atomic E-state index is 0.480. The fourth-order valence-electron chi connectivity index (χ4n) is 5.90. The van der Waals surface area contributed by atoms with Gasteiger partial charge in [-0.3, -0.25) is 28.8 Å². The Morgan fingerprint density at radius 2 is 0.507 bits per heavy atom. The van der Waals surface area contributed by atoms with Gasteiger partial charge in [0, 0.05) is 0 Å². The van der Waals surface area contributed by atoms with Crippen molar-refractivity contribution in [1.29, 1.82) is 0 Å². The summed E-state index contributed by atoms with van der Waals surface area (Å²) >= 11 is 0. The highest BCUT2D eigenvalue weighted by molar-refractivity contribution is 5.99. The Morgan fingerprint density at radius 1 is 0.329 bits per heavy atom. The van der Waals surface area contributed by atoms with Crippen LogP contribution in [0.15, 0.2) is 0 Å². The minimum atomic E-state index is -1.64. The molecule has 3 rings (SSSR count). The van der Waals surface area contributed by atoms with Crippen molar-refractivity contribution in [2.45, 2.75) is 164 Å². The predicted molar refractivity (Wildman–Crippen MR) is 232 cm³/mol. The van der Waals surface area contributed by atoms with E-state index in [1.54, 1.807) is 41.5 Å². The van der Waals surface area contributed by atoms with Crippen molar-refractivity contribution in [1.82, 2.24) is 0 Å². The zero-order chi connectivity index (χ0) is 56.7. The van der Waals surface area contributed by atoms with E-state index in [1.165, 1.54) is 34.6 Å². The van der Waals surface area contributed by atoms with Crippen LogP contribution in [0.2, 0.25) is 0 Å². The number of hydrogen-bond donors (Lipinski definition) is 3. The molecule has 0 aromatic heterocycles. The van der Waals surface area contributed by atoms with Gasteiger partial charge in [-0.2, -0.15) is 0 Å². The topological polar surface area (TPSA) is 401 Å². The van der Waals surface area contributed by atoms with Gasteiger partial charge in [0.1, 0.15) is 0 Å². The summed E-state index contributed by atoms with van der Waals surface area (Å²) in [4.78, 5) is 165. The highest BCUT2D eigenvalue weighted by Gasteiger charge is 2.67. The van der Waals surface area contributed by atoms with Crippen molar-refractivity contribution in [3.8, 4) is 0 Å². The fraction of sp³-hybridized carbons (Fsp3) is 0.689. The summed E-state index contributed by atoms with van der Waals surface area (Å²) in [6.07, 6.45) is -12.0. The zero-order valence-corrected chi connectivity index (χ0v) is 42.4.